The summed E-state index contributed by atoms with van der Waals surface area (Å²) in [5, 5.41) is 8.78. The van der Waals surface area contributed by atoms with Gasteiger partial charge in [0.15, 0.2) is 0 Å². The van der Waals surface area contributed by atoms with Crippen LogP contribution in [0.2, 0.25) is 0 Å². The molecule has 0 radical (unpaired) electrons. The van der Waals surface area contributed by atoms with Crippen LogP contribution in [0.1, 0.15) is 12.5 Å². The van der Waals surface area contributed by atoms with Crippen LogP contribution in [-0.4, -0.2) is 0 Å². The SMILES string of the molecule is CC(N)(C#N)c1ccccc1Br. The molecule has 0 fully saturated rings. The first kappa shape index (κ1) is 9.24. The summed E-state index contributed by atoms with van der Waals surface area (Å²) in [7, 11) is 0. The smallest absolute Gasteiger partial charge is 0.128 e. The Morgan fingerprint density at radius 2 is 2.08 bits per heavy atom. The predicted molar refractivity (Wildman–Crippen MR) is 51.3 cm³/mol. The van der Waals surface area contributed by atoms with Gasteiger partial charge in [-0.05, 0) is 13.0 Å². The molecule has 2 nitrogen and oxygen atoms in total. The Morgan fingerprint density at radius 1 is 1.50 bits per heavy atom. The number of benzene rings is 1. The second-order valence-electron chi connectivity index (χ2n) is 2.79. The molecule has 12 heavy (non-hydrogen) atoms. The van der Waals surface area contributed by atoms with Crippen LogP contribution in [0.4, 0.5) is 0 Å². The van der Waals surface area contributed by atoms with Gasteiger partial charge in [0.25, 0.3) is 0 Å². The van der Waals surface area contributed by atoms with Crippen molar-refractivity contribution >= 4 is 15.9 Å². The van der Waals surface area contributed by atoms with E-state index in [1.165, 1.54) is 0 Å². The van der Waals surface area contributed by atoms with Crippen LogP contribution in [0.25, 0.3) is 0 Å². The third kappa shape index (κ3) is 1.66. The van der Waals surface area contributed by atoms with Crippen molar-refractivity contribution < 1.29 is 0 Å². The molecular weight excluding hydrogens is 216 g/mol. The summed E-state index contributed by atoms with van der Waals surface area (Å²) in [4.78, 5) is 0. The zero-order chi connectivity index (χ0) is 9.19. The summed E-state index contributed by atoms with van der Waals surface area (Å²) in [6, 6.07) is 9.51. The topological polar surface area (TPSA) is 49.8 Å². The lowest BCUT2D eigenvalue weighted by molar-refractivity contribution is 0.643. The van der Waals surface area contributed by atoms with Crippen molar-refractivity contribution in [2.75, 3.05) is 0 Å². The van der Waals surface area contributed by atoms with E-state index in [0.717, 1.165) is 10.0 Å². The van der Waals surface area contributed by atoms with Crippen LogP contribution >= 0.6 is 15.9 Å². The lowest BCUT2D eigenvalue weighted by Crippen LogP contribution is -2.31. The van der Waals surface area contributed by atoms with Crippen molar-refractivity contribution in [1.29, 1.82) is 5.26 Å². The maximum Gasteiger partial charge on any atom is 0.128 e. The molecule has 0 saturated carbocycles. The lowest BCUT2D eigenvalue weighted by Gasteiger charge is -2.16. The van der Waals surface area contributed by atoms with Crippen LogP contribution in [0, 0.1) is 11.3 Å². The summed E-state index contributed by atoms with van der Waals surface area (Å²) < 4.78 is 0.872. The largest absolute Gasteiger partial charge is 0.310 e. The van der Waals surface area contributed by atoms with E-state index < -0.39 is 5.54 Å². The zero-order valence-electron chi connectivity index (χ0n) is 6.71. The average molecular weight is 225 g/mol. The lowest BCUT2D eigenvalue weighted by atomic mass is 9.95. The molecule has 1 unspecified atom stereocenters. The van der Waals surface area contributed by atoms with Gasteiger partial charge in [0.2, 0.25) is 0 Å². The van der Waals surface area contributed by atoms with E-state index in [0.29, 0.717) is 0 Å². The molecule has 0 aliphatic heterocycles. The first-order valence-electron chi connectivity index (χ1n) is 3.53. The molecule has 0 heterocycles. The molecule has 0 amide bonds. The Hall–Kier alpha value is -0.850. The summed E-state index contributed by atoms with van der Waals surface area (Å²) in [6.45, 7) is 1.69. The molecule has 0 aliphatic rings. The Morgan fingerprint density at radius 3 is 2.58 bits per heavy atom. The second kappa shape index (κ2) is 3.26. The number of nitrogens with two attached hydrogens (primary N) is 1. The number of hydrogen-bond acceptors (Lipinski definition) is 2. The minimum Gasteiger partial charge on any atom is -0.310 e. The van der Waals surface area contributed by atoms with Gasteiger partial charge in [-0.25, -0.2) is 0 Å². The average Bonchev–Trinajstić information content (AvgIpc) is 2.05. The van der Waals surface area contributed by atoms with Crippen molar-refractivity contribution in [3.63, 3.8) is 0 Å². The minimum absolute atomic E-state index is 0.813. The Labute approximate surface area is 80.1 Å². The standard InChI is InChI=1S/C9H9BrN2/c1-9(12,6-11)7-4-2-3-5-8(7)10/h2-5H,12H2,1H3. The van der Waals surface area contributed by atoms with Crippen LogP contribution in [0.3, 0.4) is 0 Å². The van der Waals surface area contributed by atoms with Crippen molar-refractivity contribution in [3.05, 3.63) is 34.3 Å². The number of halogens is 1. The van der Waals surface area contributed by atoms with Crippen molar-refractivity contribution in [2.45, 2.75) is 12.5 Å². The maximum absolute atomic E-state index is 8.78. The summed E-state index contributed by atoms with van der Waals surface area (Å²) >= 11 is 3.34. The fourth-order valence-corrected chi connectivity index (χ4v) is 1.64. The predicted octanol–water partition coefficient (Wildman–Crippen LogP) is 2.15. The highest BCUT2D eigenvalue weighted by Gasteiger charge is 2.22. The molecule has 0 aliphatic carbocycles. The summed E-state index contributed by atoms with van der Waals surface area (Å²) in [6.07, 6.45) is 0. The van der Waals surface area contributed by atoms with Crippen LogP contribution in [0.15, 0.2) is 28.7 Å². The molecular formula is C9H9BrN2. The molecule has 1 atom stereocenters. The monoisotopic (exact) mass is 224 g/mol. The van der Waals surface area contributed by atoms with E-state index in [1.807, 2.05) is 30.3 Å². The molecule has 0 saturated heterocycles. The number of rotatable bonds is 1. The highest BCUT2D eigenvalue weighted by atomic mass is 79.9. The Balaban J connectivity index is 3.22. The molecule has 1 rings (SSSR count). The zero-order valence-corrected chi connectivity index (χ0v) is 8.30. The van der Waals surface area contributed by atoms with Crippen LogP contribution in [0.5, 0.6) is 0 Å². The van der Waals surface area contributed by atoms with E-state index in [-0.39, 0.29) is 0 Å². The maximum atomic E-state index is 8.78. The van der Waals surface area contributed by atoms with E-state index in [9.17, 15) is 0 Å². The molecule has 3 heteroatoms. The highest BCUT2D eigenvalue weighted by molar-refractivity contribution is 9.10. The van der Waals surface area contributed by atoms with Crippen molar-refractivity contribution in [2.24, 2.45) is 5.73 Å². The van der Waals surface area contributed by atoms with Crippen molar-refractivity contribution in [3.8, 4) is 6.07 Å². The van der Waals surface area contributed by atoms with E-state index in [2.05, 4.69) is 15.9 Å². The van der Waals surface area contributed by atoms with E-state index >= 15 is 0 Å². The first-order chi connectivity index (χ1) is 5.58. The number of nitrogens with zero attached hydrogens (tertiary/aromatic N) is 1. The summed E-state index contributed by atoms with van der Waals surface area (Å²) in [5.74, 6) is 0. The fourth-order valence-electron chi connectivity index (χ4n) is 0.943. The van der Waals surface area contributed by atoms with E-state index in [1.54, 1.807) is 6.92 Å². The molecule has 0 aromatic heterocycles. The van der Waals surface area contributed by atoms with Crippen molar-refractivity contribution in [1.82, 2.24) is 0 Å². The molecule has 1 aromatic carbocycles. The molecule has 2 N–H and O–H groups in total. The normalized spacial score (nSPS) is 14.8. The Kier molecular flexibility index (Phi) is 2.51. The Bertz CT molecular complexity index is 326. The van der Waals surface area contributed by atoms with Crippen LogP contribution in [-0.2, 0) is 5.54 Å². The molecule has 0 bridgehead atoms. The van der Waals surface area contributed by atoms with Gasteiger partial charge in [-0.3, -0.25) is 0 Å². The molecule has 1 aromatic rings. The van der Waals surface area contributed by atoms with Gasteiger partial charge >= 0.3 is 0 Å². The van der Waals surface area contributed by atoms with E-state index in [4.69, 9.17) is 11.0 Å². The van der Waals surface area contributed by atoms with Gasteiger partial charge in [-0.2, -0.15) is 5.26 Å². The third-order valence-electron chi connectivity index (χ3n) is 1.67. The van der Waals surface area contributed by atoms with Gasteiger partial charge < -0.3 is 5.73 Å². The van der Waals surface area contributed by atoms with Gasteiger partial charge in [-0.1, -0.05) is 34.1 Å². The number of nitriles is 1. The number of hydrogen-bond donors (Lipinski definition) is 1. The van der Waals surface area contributed by atoms with Gasteiger partial charge in [0.1, 0.15) is 5.54 Å². The summed E-state index contributed by atoms with van der Waals surface area (Å²) in [5.41, 5.74) is 5.64. The second-order valence-corrected chi connectivity index (χ2v) is 3.65. The molecule has 62 valence electrons. The van der Waals surface area contributed by atoms with Gasteiger partial charge in [0, 0.05) is 10.0 Å². The van der Waals surface area contributed by atoms with Crippen LogP contribution < -0.4 is 5.73 Å². The van der Waals surface area contributed by atoms with Gasteiger partial charge in [-0.15, -0.1) is 0 Å². The molecule has 0 spiro atoms. The fraction of sp³-hybridized carbons (Fsp3) is 0.222. The quantitative estimate of drug-likeness (QED) is 0.795. The minimum atomic E-state index is -0.917. The van der Waals surface area contributed by atoms with Gasteiger partial charge in [0.05, 0.1) is 6.07 Å². The first-order valence-corrected chi connectivity index (χ1v) is 4.32. The highest BCUT2D eigenvalue weighted by Crippen LogP contribution is 2.25. The third-order valence-corrected chi connectivity index (χ3v) is 2.36.